The summed E-state index contributed by atoms with van der Waals surface area (Å²) in [6, 6.07) is 3.65. The van der Waals surface area contributed by atoms with Crippen LogP contribution in [0.3, 0.4) is 0 Å². The fourth-order valence-corrected chi connectivity index (χ4v) is 3.08. The summed E-state index contributed by atoms with van der Waals surface area (Å²) >= 11 is 0. The first kappa shape index (κ1) is 16.7. The summed E-state index contributed by atoms with van der Waals surface area (Å²) in [7, 11) is 0. The topological polar surface area (TPSA) is 74.8 Å². The number of anilines is 1. The summed E-state index contributed by atoms with van der Waals surface area (Å²) in [6.07, 6.45) is 4.08. The van der Waals surface area contributed by atoms with E-state index in [0.717, 1.165) is 31.7 Å². The van der Waals surface area contributed by atoms with E-state index in [1.54, 1.807) is 29.0 Å². The van der Waals surface area contributed by atoms with Crippen molar-refractivity contribution in [3.63, 3.8) is 0 Å². The van der Waals surface area contributed by atoms with Gasteiger partial charge in [-0.3, -0.25) is 14.6 Å². The minimum absolute atomic E-state index is 0.0561. The molecule has 1 aromatic rings. The SMILES string of the molecule is CC(=O)N1CCN(C(=O)c2cc(NCC3CCCO3)ccn2)CC1. The van der Waals surface area contributed by atoms with Crippen LogP contribution in [0.1, 0.15) is 30.3 Å². The fourth-order valence-electron chi connectivity index (χ4n) is 3.08. The number of piperazine rings is 1. The first-order chi connectivity index (χ1) is 11.6. The highest BCUT2D eigenvalue weighted by Gasteiger charge is 2.24. The van der Waals surface area contributed by atoms with Gasteiger partial charge in [-0.25, -0.2) is 0 Å². The maximum absolute atomic E-state index is 12.6. The number of hydrogen-bond acceptors (Lipinski definition) is 5. The summed E-state index contributed by atoms with van der Waals surface area (Å²) in [5, 5.41) is 3.32. The van der Waals surface area contributed by atoms with Crippen molar-refractivity contribution >= 4 is 17.5 Å². The van der Waals surface area contributed by atoms with Crippen LogP contribution in [0.15, 0.2) is 18.3 Å². The Morgan fingerprint density at radius 1 is 1.29 bits per heavy atom. The van der Waals surface area contributed by atoms with Gasteiger partial charge in [-0.1, -0.05) is 0 Å². The summed E-state index contributed by atoms with van der Waals surface area (Å²) < 4.78 is 5.59. The van der Waals surface area contributed by atoms with Crippen LogP contribution in [0.2, 0.25) is 0 Å². The predicted molar refractivity (Wildman–Crippen MR) is 89.9 cm³/mol. The van der Waals surface area contributed by atoms with Gasteiger partial charge < -0.3 is 19.9 Å². The van der Waals surface area contributed by atoms with Gasteiger partial charge >= 0.3 is 0 Å². The molecule has 3 heterocycles. The van der Waals surface area contributed by atoms with Crippen LogP contribution in [0.5, 0.6) is 0 Å². The quantitative estimate of drug-likeness (QED) is 0.889. The lowest BCUT2D eigenvalue weighted by Crippen LogP contribution is -2.50. The lowest BCUT2D eigenvalue weighted by molar-refractivity contribution is -0.130. The molecule has 0 aromatic carbocycles. The Morgan fingerprint density at radius 2 is 2.04 bits per heavy atom. The molecule has 2 saturated heterocycles. The highest BCUT2D eigenvalue weighted by molar-refractivity contribution is 5.93. The zero-order valence-electron chi connectivity index (χ0n) is 14.0. The Kier molecular flexibility index (Phi) is 5.30. The van der Waals surface area contributed by atoms with Crippen LogP contribution in [-0.2, 0) is 9.53 Å². The van der Waals surface area contributed by atoms with Crippen LogP contribution >= 0.6 is 0 Å². The third-order valence-electron chi connectivity index (χ3n) is 4.55. The Morgan fingerprint density at radius 3 is 2.71 bits per heavy atom. The van der Waals surface area contributed by atoms with Gasteiger partial charge in [0.25, 0.3) is 5.91 Å². The highest BCUT2D eigenvalue weighted by atomic mass is 16.5. The second-order valence-electron chi connectivity index (χ2n) is 6.24. The number of rotatable bonds is 4. The molecule has 1 unspecified atom stereocenters. The van der Waals surface area contributed by atoms with Crippen LogP contribution in [0.4, 0.5) is 5.69 Å². The monoisotopic (exact) mass is 332 g/mol. The average Bonchev–Trinajstić information content (AvgIpc) is 3.13. The lowest BCUT2D eigenvalue weighted by atomic mass is 10.2. The third kappa shape index (κ3) is 4.03. The molecule has 3 rings (SSSR count). The summed E-state index contributed by atoms with van der Waals surface area (Å²) in [6.45, 7) is 5.40. The second kappa shape index (κ2) is 7.61. The van der Waals surface area contributed by atoms with Crippen molar-refractivity contribution in [1.29, 1.82) is 0 Å². The minimum Gasteiger partial charge on any atom is -0.382 e. The highest BCUT2D eigenvalue weighted by Crippen LogP contribution is 2.15. The van der Waals surface area contributed by atoms with Crippen LogP contribution in [0, 0.1) is 0 Å². The van der Waals surface area contributed by atoms with Crippen LogP contribution in [0.25, 0.3) is 0 Å². The normalized spacial score (nSPS) is 21.0. The van der Waals surface area contributed by atoms with E-state index < -0.39 is 0 Å². The van der Waals surface area contributed by atoms with E-state index in [1.807, 2.05) is 6.07 Å². The number of carbonyl (C=O) groups excluding carboxylic acids is 2. The molecule has 130 valence electrons. The van der Waals surface area contributed by atoms with E-state index >= 15 is 0 Å². The van der Waals surface area contributed by atoms with Gasteiger partial charge in [-0.15, -0.1) is 0 Å². The predicted octanol–water partition coefficient (Wildman–Crippen LogP) is 0.977. The summed E-state index contributed by atoms with van der Waals surface area (Å²) in [5.41, 5.74) is 1.31. The van der Waals surface area contributed by atoms with Gasteiger partial charge in [-0.05, 0) is 25.0 Å². The molecule has 0 aliphatic carbocycles. The van der Waals surface area contributed by atoms with Crippen molar-refractivity contribution < 1.29 is 14.3 Å². The molecule has 2 aliphatic heterocycles. The van der Waals surface area contributed by atoms with Crippen LogP contribution in [-0.4, -0.2) is 72.0 Å². The molecule has 0 radical (unpaired) electrons. The third-order valence-corrected chi connectivity index (χ3v) is 4.55. The Bertz CT molecular complexity index is 593. The summed E-state index contributed by atoms with van der Waals surface area (Å²) in [5.74, 6) is -0.0282. The lowest BCUT2D eigenvalue weighted by Gasteiger charge is -2.34. The molecule has 7 nitrogen and oxygen atoms in total. The largest absolute Gasteiger partial charge is 0.382 e. The minimum atomic E-state index is -0.0843. The van der Waals surface area contributed by atoms with Crippen molar-refractivity contribution in [2.24, 2.45) is 0 Å². The van der Waals surface area contributed by atoms with Crippen molar-refractivity contribution in [1.82, 2.24) is 14.8 Å². The van der Waals surface area contributed by atoms with Gasteiger partial charge in [0.1, 0.15) is 5.69 Å². The van der Waals surface area contributed by atoms with E-state index in [4.69, 9.17) is 4.74 Å². The molecule has 1 aromatic heterocycles. The van der Waals surface area contributed by atoms with E-state index in [0.29, 0.717) is 31.9 Å². The van der Waals surface area contributed by atoms with E-state index in [9.17, 15) is 9.59 Å². The number of aromatic nitrogens is 1. The molecule has 1 atom stereocenters. The fraction of sp³-hybridized carbons (Fsp3) is 0.588. The van der Waals surface area contributed by atoms with Crippen molar-refractivity contribution in [2.45, 2.75) is 25.9 Å². The van der Waals surface area contributed by atoms with Gasteiger partial charge in [0.05, 0.1) is 6.10 Å². The number of carbonyl (C=O) groups is 2. The Labute approximate surface area is 142 Å². The number of amides is 2. The van der Waals surface area contributed by atoms with Gasteiger partial charge in [0.15, 0.2) is 0 Å². The molecule has 0 spiro atoms. The molecule has 2 aliphatic rings. The van der Waals surface area contributed by atoms with Gasteiger partial charge in [-0.2, -0.15) is 0 Å². The first-order valence-corrected chi connectivity index (χ1v) is 8.50. The maximum Gasteiger partial charge on any atom is 0.272 e. The molecule has 1 N–H and O–H groups in total. The number of nitrogens with one attached hydrogen (secondary N) is 1. The maximum atomic E-state index is 12.6. The smallest absolute Gasteiger partial charge is 0.272 e. The molecule has 0 saturated carbocycles. The first-order valence-electron chi connectivity index (χ1n) is 8.50. The number of nitrogens with zero attached hydrogens (tertiary/aromatic N) is 3. The van der Waals surface area contributed by atoms with Crippen molar-refractivity contribution in [3.8, 4) is 0 Å². The summed E-state index contributed by atoms with van der Waals surface area (Å²) in [4.78, 5) is 31.7. The molecule has 0 bridgehead atoms. The van der Waals surface area contributed by atoms with Crippen molar-refractivity contribution in [3.05, 3.63) is 24.0 Å². The standard InChI is InChI=1S/C17H24N4O3/c1-13(22)20-6-8-21(9-7-20)17(23)16-11-14(4-5-18-16)19-12-15-3-2-10-24-15/h4-5,11,15H,2-3,6-10,12H2,1H3,(H,18,19). The van der Waals surface area contributed by atoms with Gasteiger partial charge in [0, 0.05) is 58.1 Å². The van der Waals surface area contributed by atoms with Crippen molar-refractivity contribution in [2.75, 3.05) is 44.6 Å². The van der Waals surface area contributed by atoms with Crippen LogP contribution < -0.4 is 5.32 Å². The Hall–Kier alpha value is -2.15. The molecular weight excluding hydrogens is 308 g/mol. The molecular formula is C17H24N4O3. The zero-order valence-corrected chi connectivity index (χ0v) is 14.0. The number of hydrogen-bond donors (Lipinski definition) is 1. The molecule has 24 heavy (non-hydrogen) atoms. The van der Waals surface area contributed by atoms with E-state index in [-0.39, 0.29) is 17.9 Å². The average molecular weight is 332 g/mol. The molecule has 2 amide bonds. The van der Waals surface area contributed by atoms with Gasteiger partial charge in [0.2, 0.25) is 5.91 Å². The second-order valence-corrected chi connectivity index (χ2v) is 6.24. The molecule has 2 fully saturated rings. The van der Waals surface area contributed by atoms with E-state index in [1.165, 1.54) is 0 Å². The Balaban J connectivity index is 1.56. The number of ether oxygens (including phenoxy) is 1. The zero-order chi connectivity index (χ0) is 16.9. The molecule has 7 heteroatoms. The van der Waals surface area contributed by atoms with E-state index in [2.05, 4.69) is 10.3 Å². The number of pyridine rings is 1.